The van der Waals surface area contributed by atoms with Gasteiger partial charge in [0.25, 0.3) is 10.2 Å². The average Bonchev–Trinajstić information content (AvgIpc) is 3.65. The van der Waals surface area contributed by atoms with Crippen LogP contribution in [0.4, 0.5) is 10.1 Å². The molecule has 2 aromatic carbocycles. The second-order valence-corrected chi connectivity index (χ2v) is 12.5. The van der Waals surface area contributed by atoms with Crippen LogP contribution in [0.2, 0.25) is 5.02 Å². The van der Waals surface area contributed by atoms with Gasteiger partial charge in [0.15, 0.2) is 0 Å². The number of amides is 2. The van der Waals surface area contributed by atoms with Gasteiger partial charge in [-0.25, -0.2) is 4.39 Å². The molecule has 1 N–H and O–H groups in total. The monoisotopic (exact) mass is 562 g/mol. The van der Waals surface area contributed by atoms with Crippen LogP contribution in [0, 0.1) is 11.7 Å². The van der Waals surface area contributed by atoms with Gasteiger partial charge in [-0.3, -0.25) is 14.5 Å². The van der Waals surface area contributed by atoms with E-state index in [1.165, 1.54) is 31.7 Å². The molecule has 1 saturated carbocycles. The second kappa shape index (κ2) is 11.3. The number of anilines is 1. The van der Waals surface area contributed by atoms with Crippen LogP contribution < -0.4 is 10.2 Å². The summed E-state index contributed by atoms with van der Waals surface area (Å²) in [5, 5.41) is 3.42. The topological polar surface area (TPSA) is 89.8 Å². The van der Waals surface area contributed by atoms with Crippen LogP contribution in [0.15, 0.2) is 48.5 Å². The Morgan fingerprint density at radius 3 is 2.39 bits per heavy atom. The van der Waals surface area contributed by atoms with Crippen molar-refractivity contribution < 1.29 is 22.4 Å². The Bertz CT molecular complexity index is 1300. The molecule has 5 rings (SSSR count). The number of nitrogens with zero attached hydrogens (tertiary/aromatic N) is 3. The maximum Gasteiger partial charge on any atom is 0.282 e. The van der Waals surface area contributed by atoms with E-state index in [4.69, 9.17) is 11.6 Å². The number of carbonyl (C=O) groups is 2. The van der Waals surface area contributed by atoms with Crippen molar-refractivity contribution in [1.82, 2.24) is 13.9 Å². The zero-order valence-corrected chi connectivity index (χ0v) is 22.6. The minimum atomic E-state index is -3.61. The van der Waals surface area contributed by atoms with Crippen molar-refractivity contribution in [3.05, 3.63) is 64.9 Å². The van der Waals surface area contributed by atoms with Gasteiger partial charge in [0.2, 0.25) is 11.8 Å². The Morgan fingerprint density at radius 2 is 1.71 bits per heavy atom. The van der Waals surface area contributed by atoms with Crippen molar-refractivity contribution in [2.45, 2.75) is 50.6 Å². The van der Waals surface area contributed by atoms with Gasteiger partial charge in [0, 0.05) is 48.5 Å². The van der Waals surface area contributed by atoms with Crippen LogP contribution in [0.3, 0.4) is 0 Å². The number of halogens is 2. The molecular weight excluding hydrogens is 531 g/mol. The number of nitrogens with one attached hydrogen (secondary N) is 1. The summed E-state index contributed by atoms with van der Waals surface area (Å²) in [4.78, 5) is 29.4. The highest BCUT2D eigenvalue weighted by Crippen LogP contribution is 2.36. The third-order valence-corrected chi connectivity index (χ3v) is 9.89. The van der Waals surface area contributed by atoms with E-state index in [0.717, 1.165) is 32.1 Å². The molecule has 0 unspecified atom stereocenters. The fraction of sp³-hybridized carbons (Fsp3) is 0.481. The lowest BCUT2D eigenvalue weighted by Crippen LogP contribution is -2.49. The molecule has 2 atom stereocenters. The standard InChI is InChI=1S/C27H32ClFN4O4S/c28-24-12-5-4-11-23(24)25(26(34)30-21-8-2-1-3-9-21)33(22-10-6-7-20(29)17-22)27(35)19-13-14-32(18-19)38(36,37)31-15-16-31/h4-7,10-12,17,19,21,25H,1-3,8-9,13-16,18H2,(H,30,34)/t19-,25+/m1/s1. The minimum absolute atomic E-state index is 0.00294. The normalized spacial score (nSPS) is 21.7. The van der Waals surface area contributed by atoms with Crippen molar-refractivity contribution in [1.29, 1.82) is 0 Å². The maximum absolute atomic E-state index is 14.4. The molecule has 38 heavy (non-hydrogen) atoms. The van der Waals surface area contributed by atoms with Gasteiger partial charge < -0.3 is 5.32 Å². The van der Waals surface area contributed by atoms with Gasteiger partial charge >= 0.3 is 0 Å². The van der Waals surface area contributed by atoms with Gasteiger partial charge in [-0.2, -0.15) is 17.0 Å². The zero-order valence-electron chi connectivity index (χ0n) is 21.1. The summed E-state index contributed by atoms with van der Waals surface area (Å²) in [6, 6.07) is 11.2. The predicted octanol–water partition coefficient (Wildman–Crippen LogP) is 3.88. The predicted molar refractivity (Wildman–Crippen MR) is 143 cm³/mol. The van der Waals surface area contributed by atoms with E-state index in [1.807, 2.05) is 0 Å². The molecule has 2 heterocycles. The fourth-order valence-corrected chi connectivity index (χ4v) is 7.24. The second-order valence-electron chi connectivity index (χ2n) is 10.2. The first kappa shape index (κ1) is 27.1. The van der Waals surface area contributed by atoms with Crippen molar-refractivity contribution in [2.24, 2.45) is 5.92 Å². The summed E-state index contributed by atoms with van der Waals surface area (Å²) in [5.41, 5.74) is 0.637. The van der Waals surface area contributed by atoms with Crippen LogP contribution in [-0.2, 0) is 19.8 Å². The van der Waals surface area contributed by atoms with Crippen molar-refractivity contribution in [3.63, 3.8) is 0 Å². The van der Waals surface area contributed by atoms with Crippen molar-refractivity contribution in [2.75, 3.05) is 31.1 Å². The summed E-state index contributed by atoms with van der Waals surface area (Å²) < 4.78 is 42.7. The van der Waals surface area contributed by atoms with Crippen LogP contribution in [0.1, 0.15) is 50.1 Å². The van der Waals surface area contributed by atoms with Gasteiger partial charge in [-0.15, -0.1) is 0 Å². The summed E-state index contributed by atoms with van der Waals surface area (Å²) >= 11 is 6.57. The van der Waals surface area contributed by atoms with Crippen LogP contribution in [-0.4, -0.2) is 61.1 Å². The first-order valence-electron chi connectivity index (χ1n) is 13.1. The van der Waals surface area contributed by atoms with E-state index in [0.29, 0.717) is 30.1 Å². The first-order valence-corrected chi connectivity index (χ1v) is 14.9. The number of carbonyl (C=O) groups excluding carboxylic acids is 2. The third-order valence-electron chi connectivity index (χ3n) is 7.54. The lowest BCUT2D eigenvalue weighted by atomic mass is 9.94. The molecule has 3 fully saturated rings. The first-order chi connectivity index (χ1) is 18.3. The number of rotatable bonds is 8. The number of benzene rings is 2. The molecule has 3 aliphatic rings. The molecule has 0 radical (unpaired) electrons. The smallest absolute Gasteiger partial charge is 0.282 e. The molecule has 11 heteroatoms. The summed E-state index contributed by atoms with van der Waals surface area (Å²) in [5.74, 6) is -2.08. The van der Waals surface area contributed by atoms with E-state index >= 15 is 0 Å². The van der Waals surface area contributed by atoms with Crippen LogP contribution in [0.5, 0.6) is 0 Å². The minimum Gasteiger partial charge on any atom is -0.351 e. The summed E-state index contributed by atoms with van der Waals surface area (Å²) in [7, 11) is -3.61. The third kappa shape index (κ3) is 5.73. The van der Waals surface area contributed by atoms with Crippen LogP contribution in [0.25, 0.3) is 0 Å². The highest BCUT2D eigenvalue weighted by atomic mass is 35.5. The average molecular weight is 563 g/mol. The Balaban J connectivity index is 1.52. The molecule has 2 aromatic rings. The van der Waals surface area contributed by atoms with Crippen molar-refractivity contribution >= 4 is 39.3 Å². The molecule has 0 bridgehead atoms. The van der Waals surface area contributed by atoms with Gasteiger partial charge in [0.1, 0.15) is 11.9 Å². The largest absolute Gasteiger partial charge is 0.351 e. The number of hydrogen-bond acceptors (Lipinski definition) is 4. The summed E-state index contributed by atoms with van der Waals surface area (Å²) in [6.45, 7) is 1.16. The highest BCUT2D eigenvalue weighted by Gasteiger charge is 2.45. The molecule has 8 nitrogen and oxygen atoms in total. The molecule has 204 valence electrons. The van der Waals surface area contributed by atoms with Gasteiger partial charge in [0.05, 0.1) is 5.92 Å². The molecule has 0 spiro atoms. The van der Waals surface area contributed by atoms with E-state index in [1.54, 1.807) is 30.3 Å². The molecular formula is C27H32ClFN4O4S. The Kier molecular flexibility index (Phi) is 8.04. The van der Waals surface area contributed by atoms with E-state index in [2.05, 4.69) is 5.32 Å². The lowest BCUT2D eigenvalue weighted by molar-refractivity contribution is -0.128. The quantitative estimate of drug-likeness (QED) is 0.494. The van der Waals surface area contributed by atoms with E-state index < -0.39 is 39.8 Å². The lowest BCUT2D eigenvalue weighted by Gasteiger charge is -2.35. The fourth-order valence-electron chi connectivity index (χ4n) is 5.42. The molecule has 1 aliphatic carbocycles. The molecule has 2 aliphatic heterocycles. The Hall–Kier alpha value is -2.53. The van der Waals surface area contributed by atoms with E-state index in [-0.39, 0.29) is 24.8 Å². The van der Waals surface area contributed by atoms with Gasteiger partial charge in [-0.05, 0) is 43.5 Å². The Labute approximate surface area is 227 Å². The maximum atomic E-state index is 14.4. The SMILES string of the molecule is O=C(NC1CCCCC1)[C@H](c1ccccc1Cl)N(C(=O)[C@@H]1CCN(S(=O)(=O)N2CC2)C1)c1cccc(F)c1. The summed E-state index contributed by atoms with van der Waals surface area (Å²) in [6.07, 6.45) is 5.14. The van der Waals surface area contributed by atoms with Crippen LogP contribution >= 0.6 is 11.6 Å². The van der Waals surface area contributed by atoms with Crippen molar-refractivity contribution in [3.8, 4) is 0 Å². The zero-order chi connectivity index (χ0) is 26.9. The molecule has 2 amide bonds. The number of hydrogen-bond donors (Lipinski definition) is 1. The molecule has 2 saturated heterocycles. The van der Waals surface area contributed by atoms with Gasteiger partial charge in [-0.1, -0.05) is 55.1 Å². The highest BCUT2D eigenvalue weighted by molar-refractivity contribution is 7.87. The Morgan fingerprint density at radius 1 is 0.974 bits per heavy atom. The molecule has 0 aromatic heterocycles. The van der Waals surface area contributed by atoms with E-state index in [9.17, 15) is 22.4 Å².